The minimum absolute atomic E-state index is 0.138. The van der Waals surface area contributed by atoms with Crippen molar-refractivity contribution in [1.82, 2.24) is 10.6 Å². The van der Waals surface area contributed by atoms with Crippen molar-refractivity contribution in [3.8, 4) is 0 Å². The van der Waals surface area contributed by atoms with Crippen molar-refractivity contribution in [1.29, 1.82) is 0 Å². The minimum atomic E-state index is -0.678. The normalized spacial score (nSPS) is 12.3. The van der Waals surface area contributed by atoms with E-state index in [-0.39, 0.29) is 18.8 Å². The van der Waals surface area contributed by atoms with E-state index in [9.17, 15) is 19.8 Å². The van der Waals surface area contributed by atoms with Gasteiger partial charge in [-0.2, -0.15) is 0 Å². The fourth-order valence-corrected chi connectivity index (χ4v) is 3.54. The number of rotatable bonds is 9. The second-order valence-corrected chi connectivity index (χ2v) is 8.26. The SMILES string of the molecule is O=C(N[C@H](CO)c1ccccc1)C(=Cc1ccc(Br)cc1)C(=O)N[C@H](CO)c1ccccc1. The topological polar surface area (TPSA) is 98.7 Å². The van der Waals surface area contributed by atoms with Crippen LogP contribution >= 0.6 is 15.9 Å². The van der Waals surface area contributed by atoms with Gasteiger partial charge in [-0.25, -0.2) is 0 Å². The molecule has 0 unspecified atom stereocenters. The molecule has 3 aromatic rings. The molecule has 0 fully saturated rings. The first-order chi connectivity index (χ1) is 16.0. The molecule has 0 spiro atoms. The van der Waals surface area contributed by atoms with E-state index in [1.807, 2.05) is 12.1 Å². The molecule has 2 amide bonds. The largest absolute Gasteiger partial charge is 0.394 e. The summed E-state index contributed by atoms with van der Waals surface area (Å²) in [6, 6.07) is 23.9. The van der Waals surface area contributed by atoms with E-state index in [1.165, 1.54) is 6.08 Å². The molecule has 6 nitrogen and oxygen atoms in total. The highest BCUT2D eigenvalue weighted by atomic mass is 79.9. The van der Waals surface area contributed by atoms with Gasteiger partial charge in [0.15, 0.2) is 0 Å². The van der Waals surface area contributed by atoms with E-state index in [2.05, 4.69) is 26.6 Å². The lowest BCUT2D eigenvalue weighted by Gasteiger charge is -2.20. The summed E-state index contributed by atoms with van der Waals surface area (Å²) in [7, 11) is 0. The molecule has 3 rings (SSSR count). The van der Waals surface area contributed by atoms with Gasteiger partial charge in [-0.15, -0.1) is 0 Å². The Kier molecular flexibility index (Phi) is 8.95. The van der Waals surface area contributed by atoms with Crippen molar-refractivity contribution in [2.24, 2.45) is 0 Å². The Hall–Kier alpha value is -3.26. The third-order valence-electron chi connectivity index (χ3n) is 5.05. The number of aliphatic hydroxyl groups excluding tert-OH is 2. The van der Waals surface area contributed by atoms with Crippen molar-refractivity contribution >= 4 is 33.8 Å². The van der Waals surface area contributed by atoms with Crippen molar-refractivity contribution in [2.45, 2.75) is 12.1 Å². The zero-order valence-electron chi connectivity index (χ0n) is 17.8. The van der Waals surface area contributed by atoms with Crippen LogP contribution in [0.5, 0.6) is 0 Å². The molecule has 2 atom stereocenters. The summed E-state index contributed by atoms with van der Waals surface area (Å²) < 4.78 is 0.865. The lowest BCUT2D eigenvalue weighted by Crippen LogP contribution is -2.39. The smallest absolute Gasteiger partial charge is 0.257 e. The van der Waals surface area contributed by atoms with Crippen LogP contribution < -0.4 is 10.6 Å². The molecule has 0 saturated carbocycles. The fourth-order valence-electron chi connectivity index (χ4n) is 3.27. The van der Waals surface area contributed by atoms with Gasteiger partial charge in [-0.05, 0) is 34.9 Å². The molecule has 3 aromatic carbocycles. The number of benzene rings is 3. The van der Waals surface area contributed by atoms with E-state index < -0.39 is 23.9 Å². The van der Waals surface area contributed by atoms with Crippen LogP contribution in [-0.2, 0) is 9.59 Å². The Bertz CT molecular complexity index is 1020. The van der Waals surface area contributed by atoms with Crippen LogP contribution in [0, 0.1) is 0 Å². The van der Waals surface area contributed by atoms with Gasteiger partial charge in [-0.1, -0.05) is 88.7 Å². The highest BCUT2D eigenvalue weighted by Crippen LogP contribution is 2.18. The predicted molar refractivity (Wildman–Crippen MR) is 131 cm³/mol. The standard InChI is InChI=1S/C26H25BrN2O4/c27-21-13-11-18(12-14-21)15-22(25(32)28-23(16-30)19-7-3-1-4-8-19)26(33)29-24(17-31)20-9-5-2-6-10-20/h1-15,23-24,30-31H,16-17H2,(H,28,32)(H,29,33)/t23-,24-/m1/s1. The second kappa shape index (κ2) is 12.1. The number of amides is 2. The molecule has 0 bridgehead atoms. The summed E-state index contributed by atoms with van der Waals surface area (Å²) in [5.41, 5.74) is 1.95. The van der Waals surface area contributed by atoms with Crippen LogP contribution in [0.15, 0.2) is 95.0 Å². The molecular weight excluding hydrogens is 484 g/mol. The molecular formula is C26H25BrN2O4. The number of aliphatic hydroxyl groups is 2. The number of nitrogens with one attached hydrogen (secondary N) is 2. The zero-order valence-corrected chi connectivity index (χ0v) is 19.4. The van der Waals surface area contributed by atoms with Gasteiger partial charge in [0, 0.05) is 4.47 Å². The Balaban J connectivity index is 1.89. The Morgan fingerprint density at radius 1 is 0.727 bits per heavy atom. The van der Waals surface area contributed by atoms with E-state index in [4.69, 9.17) is 0 Å². The summed E-state index contributed by atoms with van der Waals surface area (Å²) >= 11 is 3.37. The second-order valence-electron chi connectivity index (χ2n) is 7.35. The number of hydrogen-bond donors (Lipinski definition) is 4. The first-order valence-corrected chi connectivity index (χ1v) is 11.2. The van der Waals surface area contributed by atoms with Gasteiger partial charge in [0.25, 0.3) is 11.8 Å². The van der Waals surface area contributed by atoms with Gasteiger partial charge in [0.1, 0.15) is 5.57 Å². The zero-order chi connectivity index (χ0) is 23.6. The summed E-state index contributed by atoms with van der Waals surface area (Å²) in [5, 5.41) is 25.1. The van der Waals surface area contributed by atoms with Crippen molar-refractivity contribution in [2.75, 3.05) is 13.2 Å². The Morgan fingerprint density at radius 3 is 1.55 bits per heavy atom. The maximum atomic E-state index is 13.2. The van der Waals surface area contributed by atoms with Crippen LogP contribution in [0.25, 0.3) is 6.08 Å². The molecule has 0 aliphatic heterocycles. The molecule has 7 heteroatoms. The first kappa shape index (κ1) is 24.4. The molecule has 4 N–H and O–H groups in total. The molecule has 33 heavy (non-hydrogen) atoms. The molecule has 0 heterocycles. The minimum Gasteiger partial charge on any atom is -0.394 e. The lowest BCUT2D eigenvalue weighted by atomic mass is 10.0. The number of carbonyl (C=O) groups excluding carboxylic acids is 2. The molecule has 0 radical (unpaired) electrons. The third-order valence-corrected chi connectivity index (χ3v) is 5.58. The van der Waals surface area contributed by atoms with E-state index in [0.717, 1.165) is 4.47 Å². The summed E-state index contributed by atoms with van der Waals surface area (Å²) in [6.45, 7) is -0.654. The van der Waals surface area contributed by atoms with Crippen molar-refractivity contribution < 1.29 is 19.8 Å². The fraction of sp³-hybridized carbons (Fsp3) is 0.154. The van der Waals surface area contributed by atoms with Gasteiger partial charge < -0.3 is 20.8 Å². The van der Waals surface area contributed by atoms with E-state index in [1.54, 1.807) is 72.8 Å². The summed E-state index contributed by atoms with van der Waals surface area (Å²) in [6.07, 6.45) is 1.48. The average molecular weight is 509 g/mol. The van der Waals surface area contributed by atoms with Crippen molar-refractivity contribution in [3.63, 3.8) is 0 Å². The molecule has 0 aliphatic carbocycles. The van der Waals surface area contributed by atoms with Crippen molar-refractivity contribution in [3.05, 3.63) is 112 Å². The van der Waals surface area contributed by atoms with Gasteiger partial charge in [0.05, 0.1) is 25.3 Å². The summed E-state index contributed by atoms with van der Waals surface area (Å²) in [5.74, 6) is -1.27. The quantitative estimate of drug-likeness (QED) is 0.202. The number of hydrogen-bond acceptors (Lipinski definition) is 4. The maximum absolute atomic E-state index is 13.2. The first-order valence-electron chi connectivity index (χ1n) is 10.4. The Morgan fingerprint density at radius 2 is 1.15 bits per heavy atom. The highest BCUT2D eigenvalue weighted by molar-refractivity contribution is 9.10. The molecule has 0 aromatic heterocycles. The lowest BCUT2D eigenvalue weighted by molar-refractivity contribution is -0.124. The van der Waals surface area contributed by atoms with Crippen LogP contribution in [0.1, 0.15) is 28.8 Å². The van der Waals surface area contributed by atoms with Gasteiger partial charge in [-0.3, -0.25) is 9.59 Å². The third kappa shape index (κ3) is 6.86. The van der Waals surface area contributed by atoms with Crippen LogP contribution in [0.4, 0.5) is 0 Å². The molecule has 170 valence electrons. The number of halogens is 1. The average Bonchev–Trinajstić information content (AvgIpc) is 2.86. The van der Waals surface area contributed by atoms with E-state index in [0.29, 0.717) is 16.7 Å². The van der Waals surface area contributed by atoms with Crippen LogP contribution in [-0.4, -0.2) is 35.2 Å². The van der Waals surface area contributed by atoms with Gasteiger partial charge in [0.2, 0.25) is 0 Å². The van der Waals surface area contributed by atoms with Crippen LogP contribution in [0.2, 0.25) is 0 Å². The predicted octanol–water partition coefficient (Wildman–Crippen LogP) is 3.53. The molecule has 0 aliphatic rings. The highest BCUT2D eigenvalue weighted by Gasteiger charge is 2.24. The summed E-state index contributed by atoms with van der Waals surface area (Å²) in [4.78, 5) is 26.4. The maximum Gasteiger partial charge on any atom is 0.257 e. The van der Waals surface area contributed by atoms with Gasteiger partial charge >= 0.3 is 0 Å². The van der Waals surface area contributed by atoms with Crippen LogP contribution in [0.3, 0.4) is 0 Å². The number of carbonyl (C=O) groups is 2. The van der Waals surface area contributed by atoms with E-state index >= 15 is 0 Å². The molecule has 0 saturated heterocycles. The monoisotopic (exact) mass is 508 g/mol. The Labute approximate surface area is 201 Å².